The Hall–Kier alpha value is -1.28. The second-order valence-electron chi connectivity index (χ2n) is 4.60. The molecule has 1 aromatic heterocycles. The van der Waals surface area contributed by atoms with Gasteiger partial charge in [0.05, 0.1) is 6.54 Å². The highest BCUT2D eigenvalue weighted by molar-refractivity contribution is 5.78. The first-order chi connectivity index (χ1) is 8.24. The third kappa shape index (κ3) is 2.70. The summed E-state index contributed by atoms with van der Waals surface area (Å²) in [6, 6.07) is 8.66. The molecule has 0 bridgehead atoms. The lowest BCUT2D eigenvalue weighted by atomic mass is 9.98. The van der Waals surface area contributed by atoms with E-state index >= 15 is 0 Å². The number of rotatable bonds is 5. The molecule has 1 aromatic carbocycles. The van der Waals surface area contributed by atoms with Crippen LogP contribution in [0.4, 0.5) is 0 Å². The molecule has 0 spiro atoms. The molecule has 92 valence electrons. The molecule has 1 unspecified atom stereocenters. The molecule has 2 nitrogen and oxygen atoms in total. The van der Waals surface area contributed by atoms with Gasteiger partial charge in [0, 0.05) is 5.39 Å². The normalized spacial score (nSPS) is 13.1. The molecule has 0 aliphatic carbocycles. The largest absolute Gasteiger partial charge is 0.460 e. The molecular formula is C15H21NO. The molecule has 1 atom stereocenters. The van der Waals surface area contributed by atoms with Crippen LogP contribution >= 0.6 is 0 Å². The lowest BCUT2D eigenvalue weighted by Crippen LogP contribution is -2.10. The second-order valence-corrected chi connectivity index (χ2v) is 4.60. The molecule has 2 rings (SSSR count). The van der Waals surface area contributed by atoms with Crippen molar-refractivity contribution < 1.29 is 4.42 Å². The minimum atomic E-state index is 0.617. The van der Waals surface area contributed by atoms with E-state index in [2.05, 4.69) is 50.4 Å². The number of hydrogen-bond donors (Lipinski definition) is 1. The van der Waals surface area contributed by atoms with E-state index in [1.807, 2.05) is 0 Å². The Labute approximate surface area is 103 Å². The van der Waals surface area contributed by atoms with Gasteiger partial charge in [0.2, 0.25) is 0 Å². The number of nitrogens with one attached hydrogen (secondary N) is 1. The first-order valence-corrected chi connectivity index (χ1v) is 6.47. The van der Waals surface area contributed by atoms with Crippen molar-refractivity contribution in [3.8, 4) is 0 Å². The highest BCUT2D eigenvalue weighted by atomic mass is 16.3. The van der Waals surface area contributed by atoms with Crippen LogP contribution in [0.25, 0.3) is 11.0 Å². The quantitative estimate of drug-likeness (QED) is 0.839. The highest BCUT2D eigenvalue weighted by Crippen LogP contribution is 2.25. The Morgan fingerprint density at radius 3 is 2.76 bits per heavy atom. The Bertz CT molecular complexity index is 487. The Balaban J connectivity index is 2.27. The zero-order valence-electron chi connectivity index (χ0n) is 10.9. The number of fused-ring (bicyclic) bond motifs is 1. The van der Waals surface area contributed by atoms with E-state index in [9.17, 15) is 0 Å². The van der Waals surface area contributed by atoms with Gasteiger partial charge in [-0.2, -0.15) is 0 Å². The fourth-order valence-corrected chi connectivity index (χ4v) is 1.99. The van der Waals surface area contributed by atoms with Crippen LogP contribution in [-0.2, 0) is 6.54 Å². The molecule has 17 heavy (non-hydrogen) atoms. The van der Waals surface area contributed by atoms with E-state index < -0.39 is 0 Å². The number of furan rings is 1. The van der Waals surface area contributed by atoms with Gasteiger partial charge in [0.25, 0.3) is 0 Å². The van der Waals surface area contributed by atoms with Crippen LogP contribution < -0.4 is 5.32 Å². The summed E-state index contributed by atoms with van der Waals surface area (Å²) in [6.07, 6.45) is 1.17. The fraction of sp³-hybridized carbons (Fsp3) is 0.467. The van der Waals surface area contributed by atoms with Gasteiger partial charge in [-0.05, 0) is 42.6 Å². The first kappa shape index (κ1) is 12.2. The number of hydrogen-bond acceptors (Lipinski definition) is 2. The van der Waals surface area contributed by atoms with Crippen LogP contribution in [0.2, 0.25) is 0 Å². The zero-order valence-corrected chi connectivity index (χ0v) is 10.9. The van der Waals surface area contributed by atoms with Crippen LogP contribution in [-0.4, -0.2) is 6.54 Å². The van der Waals surface area contributed by atoms with Gasteiger partial charge in [-0.3, -0.25) is 0 Å². The van der Waals surface area contributed by atoms with Crippen molar-refractivity contribution in [1.29, 1.82) is 0 Å². The van der Waals surface area contributed by atoms with Crippen molar-refractivity contribution in [2.45, 2.75) is 39.7 Å². The van der Waals surface area contributed by atoms with E-state index in [1.165, 1.54) is 17.4 Å². The van der Waals surface area contributed by atoms with Crippen molar-refractivity contribution in [1.82, 2.24) is 5.32 Å². The van der Waals surface area contributed by atoms with E-state index in [0.29, 0.717) is 5.92 Å². The summed E-state index contributed by atoms with van der Waals surface area (Å²) < 4.78 is 5.78. The minimum Gasteiger partial charge on any atom is -0.460 e. The highest BCUT2D eigenvalue weighted by Gasteiger charge is 2.07. The summed E-state index contributed by atoms with van der Waals surface area (Å²) >= 11 is 0. The average Bonchev–Trinajstić information content (AvgIpc) is 2.76. The molecule has 0 aliphatic rings. The van der Waals surface area contributed by atoms with Gasteiger partial charge >= 0.3 is 0 Å². The van der Waals surface area contributed by atoms with Crippen molar-refractivity contribution in [2.24, 2.45) is 0 Å². The summed E-state index contributed by atoms with van der Waals surface area (Å²) in [7, 11) is 0. The van der Waals surface area contributed by atoms with E-state index in [-0.39, 0.29) is 0 Å². The molecule has 0 saturated carbocycles. The maximum atomic E-state index is 5.78. The third-order valence-electron chi connectivity index (χ3n) is 3.32. The van der Waals surface area contributed by atoms with Crippen LogP contribution in [0.1, 0.15) is 44.4 Å². The third-order valence-corrected chi connectivity index (χ3v) is 3.32. The topological polar surface area (TPSA) is 25.2 Å². The van der Waals surface area contributed by atoms with Gasteiger partial charge < -0.3 is 9.73 Å². The van der Waals surface area contributed by atoms with Crippen LogP contribution in [0.3, 0.4) is 0 Å². The fourth-order valence-electron chi connectivity index (χ4n) is 1.99. The van der Waals surface area contributed by atoms with Gasteiger partial charge in [0.1, 0.15) is 11.3 Å². The molecule has 0 amide bonds. The lowest BCUT2D eigenvalue weighted by Gasteiger charge is -2.07. The monoisotopic (exact) mass is 231 g/mol. The smallest absolute Gasteiger partial charge is 0.134 e. The first-order valence-electron chi connectivity index (χ1n) is 6.47. The molecule has 2 aromatic rings. The molecular weight excluding hydrogens is 210 g/mol. The summed E-state index contributed by atoms with van der Waals surface area (Å²) in [5, 5.41) is 4.50. The van der Waals surface area contributed by atoms with Gasteiger partial charge in [0.15, 0.2) is 0 Å². The standard InChI is InChI=1S/C15H21NO/c1-4-11(3)12-6-7-15-13(8-12)9-14(17-15)10-16-5-2/h6-9,11,16H,4-5,10H2,1-3H3. The predicted octanol–water partition coefficient (Wildman–Crippen LogP) is 4.06. The number of benzene rings is 1. The van der Waals surface area contributed by atoms with Gasteiger partial charge in [-0.1, -0.05) is 26.8 Å². The summed E-state index contributed by atoms with van der Waals surface area (Å²) in [4.78, 5) is 0. The van der Waals surface area contributed by atoms with Crippen LogP contribution in [0, 0.1) is 0 Å². The molecule has 0 saturated heterocycles. The van der Waals surface area contributed by atoms with Gasteiger partial charge in [-0.25, -0.2) is 0 Å². The molecule has 2 heteroatoms. The van der Waals surface area contributed by atoms with E-state index in [4.69, 9.17) is 4.42 Å². The van der Waals surface area contributed by atoms with E-state index in [0.717, 1.165) is 24.4 Å². The maximum absolute atomic E-state index is 5.78. The maximum Gasteiger partial charge on any atom is 0.134 e. The zero-order chi connectivity index (χ0) is 12.3. The van der Waals surface area contributed by atoms with Crippen molar-refractivity contribution in [3.63, 3.8) is 0 Å². The van der Waals surface area contributed by atoms with Gasteiger partial charge in [-0.15, -0.1) is 0 Å². The summed E-state index contributed by atoms with van der Waals surface area (Å²) in [5.41, 5.74) is 2.39. The Morgan fingerprint density at radius 2 is 2.06 bits per heavy atom. The Morgan fingerprint density at radius 1 is 1.24 bits per heavy atom. The molecule has 0 aliphatic heterocycles. The Kier molecular flexibility index (Phi) is 3.85. The average molecular weight is 231 g/mol. The van der Waals surface area contributed by atoms with Crippen molar-refractivity contribution in [2.75, 3.05) is 6.54 Å². The SMILES string of the molecule is CCNCc1cc2cc(C(C)CC)ccc2o1. The summed E-state index contributed by atoms with van der Waals surface area (Å²) in [5.74, 6) is 1.63. The van der Waals surface area contributed by atoms with Crippen LogP contribution in [0.15, 0.2) is 28.7 Å². The van der Waals surface area contributed by atoms with Crippen molar-refractivity contribution >= 4 is 11.0 Å². The molecule has 1 heterocycles. The molecule has 0 fully saturated rings. The summed E-state index contributed by atoms with van der Waals surface area (Å²) in [6.45, 7) is 8.37. The lowest BCUT2D eigenvalue weighted by molar-refractivity contribution is 0.520. The predicted molar refractivity (Wildman–Crippen MR) is 72.3 cm³/mol. The minimum absolute atomic E-state index is 0.617. The van der Waals surface area contributed by atoms with E-state index in [1.54, 1.807) is 0 Å². The molecule has 0 radical (unpaired) electrons. The molecule has 1 N–H and O–H groups in total. The second kappa shape index (κ2) is 5.37. The van der Waals surface area contributed by atoms with Crippen LogP contribution in [0.5, 0.6) is 0 Å². The van der Waals surface area contributed by atoms with Crippen molar-refractivity contribution in [3.05, 3.63) is 35.6 Å².